The number of thioether (sulfide) groups is 1. The van der Waals surface area contributed by atoms with Gasteiger partial charge in [0.05, 0.1) is 4.91 Å². The summed E-state index contributed by atoms with van der Waals surface area (Å²) in [5, 5.41) is 6.28. The molecule has 1 aliphatic rings. The van der Waals surface area contributed by atoms with Gasteiger partial charge in [-0.1, -0.05) is 65.5 Å². The number of nitrogens with zero attached hydrogens (tertiary/aromatic N) is 2. The highest BCUT2D eigenvalue weighted by atomic mass is 32.2. The first-order chi connectivity index (χ1) is 12.9. The Labute approximate surface area is 166 Å². The molecule has 2 amide bonds. The first kappa shape index (κ1) is 19.1. The van der Waals surface area contributed by atoms with E-state index in [0.29, 0.717) is 20.8 Å². The van der Waals surface area contributed by atoms with Crippen LogP contribution in [0.3, 0.4) is 0 Å². The van der Waals surface area contributed by atoms with Gasteiger partial charge in [0.25, 0.3) is 5.91 Å². The smallest absolute Gasteiger partial charge is 0.266 e. The molecule has 1 aromatic carbocycles. The summed E-state index contributed by atoms with van der Waals surface area (Å²) < 4.78 is 5.25. The van der Waals surface area contributed by atoms with Gasteiger partial charge in [-0.3, -0.25) is 14.5 Å². The van der Waals surface area contributed by atoms with Crippen molar-refractivity contribution in [2.45, 2.75) is 13.8 Å². The Morgan fingerprint density at radius 2 is 2.11 bits per heavy atom. The number of benzene rings is 1. The number of aromatic nitrogens is 1. The average molecular weight is 399 g/mol. The molecule has 0 saturated carbocycles. The summed E-state index contributed by atoms with van der Waals surface area (Å²) in [6, 6.07) is 11.4. The standard InChI is InChI=1S/C19H17N3O3S2/c1-12(8-14-6-4-3-5-7-14)9-15-18(24)22(19(26)27-15)11-17(23)20-16-10-13(2)25-21-16/h3-10H,11H2,1-2H3,(H,20,21,23)/b12-8+,15-9+. The molecule has 2 aromatic rings. The molecule has 6 nitrogen and oxygen atoms in total. The monoisotopic (exact) mass is 399 g/mol. The molecule has 138 valence electrons. The Kier molecular flexibility index (Phi) is 5.88. The number of amides is 2. The van der Waals surface area contributed by atoms with Crippen molar-refractivity contribution in [3.05, 3.63) is 64.3 Å². The fourth-order valence-electron chi connectivity index (χ4n) is 2.45. The van der Waals surface area contributed by atoms with Crippen LogP contribution in [0.4, 0.5) is 5.82 Å². The quantitative estimate of drug-likeness (QED) is 0.609. The van der Waals surface area contributed by atoms with Crippen LogP contribution in [-0.4, -0.2) is 32.7 Å². The summed E-state index contributed by atoms with van der Waals surface area (Å²) in [7, 11) is 0. The molecule has 0 unspecified atom stereocenters. The number of hydrogen-bond donors (Lipinski definition) is 1. The average Bonchev–Trinajstić information content (AvgIpc) is 3.14. The van der Waals surface area contributed by atoms with E-state index in [2.05, 4.69) is 10.5 Å². The molecule has 1 fully saturated rings. The minimum absolute atomic E-state index is 0.171. The fourth-order valence-corrected chi connectivity index (χ4v) is 3.75. The van der Waals surface area contributed by atoms with E-state index in [1.807, 2.05) is 43.3 Å². The third-order valence-corrected chi connectivity index (χ3v) is 5.00. The molecule has 1 N–H and O–H groups in total. The van der Waals surface area contributed by atoms with Crippen LogP contribution < -0.4 is 5.32 Å². The predicted octanol–water partition coefficient (Wildman–Crippen LogP) is 3.77. The van der Waals surface area contributed by atoms with Gasteiger partial charge in [0.15, 0.2) is 5.82 Å². The highest BCUT2D eigenvalue weighted by Gasteiger charge is 2.33. The zero-order chi connectivity index (χ0) is 19.4. The van der Waals surface area contributed by atoms with Crippen molar-refractivity contribution in [1.29, 1.82) is 0 Å². The molecule has 0 radical (unpaired) electrons. The lowest BCUT2D eigenvalue weighted by molar-refractivity contribution is -0.126. The predicted molar refractivity (Wildman–Crippen MR) is 110 cm³/mol. The van der Waals surface area contributed by atoms with Gasteiger partial charge in [-0.25, -0.2) is 0 Å². The molecule has 0 spiro atoms. The molecular formula is C19H17N3O3S2. The maximum Gasteiger partial charge on any atom is 0.266 e. The van der Waals surface area contributed by atoms with Crippen LogP contribution in [0.2, 0.25) is 0 Å². The van der Waals surface area contributed by atoms with E-state index >= 15 is 0 Å². The summed E-state index contributed by atoms with van der Waals surface area (Å²) in [4.78, 5) is 26.5. The SMILES string of the molecule is CC(=C\c1ccccc1)/C=C1/SC(=S)N(CC(=O)Nc2cc(C)on2)C1=O. The number of thiocarbonyl (C=S) groups is 1. The zero-order valence-electron chi connectivity index (χ0n) is 14.8. The second-order valence-electron chi connectivity index (χ2n) is 5.94. The lowest BCUT2D eigenvalue weighted by atomic mass is 10.1. The number of allylic oxidation sites excluding steroid dienone is 2. The molecule has 1 aliphatic heterocycles. The number of anilines is 1. The first-order valence-electron chi connectivity index (χ1n) is 8.14. The Hall–Kier alpha value is -2.71. The molecule has 0 atom stereocenters. The molecule has 3 rings (SSSR count). The van der Waals surface area contributed by atoms with Crippen LogP contribution in [0.15, 0.2) is 57.5 Å². The Morgan fingerprint density at radius 1 is 1.37 bits per heavy atom. The summed E-state index contributed by atoms with van der Waals surface area (Å²) in [6.45, 7) is 3.47. The maximum absolute atomic E-state index is 12.6. The minimum Gasteiger partial charge on any atom is -0.360 e. The number of carbonyl (C=O) groups excluding carboxylic acids is 2. The number of aryl methyl sites for hydroxylation is 1. The topological polar surface area (TPSA) is 75.4 Å². The lowest BCUT2D eigenvalue weighted by Gasteiger charge is -2.13. The number of hydrogen-bond acceptors (Lipinski definition) is 6. The van der Waals surface area contributed by atoms with Gasteiger partial charge in [-0.2, -0.15) is 0 Å². The highest BCUT2D eigenvalue weighted by molar-refractivity contribution is 8.26. The Balaban J connectivity index is 1.67. The highest BCUT2D eigenvalue weighted by Crippen LogP contribution is 2.32. The van der Waals surface area contributed by atoms with E-state index in [1.54, 1.807) is 19.1 Å². The van der Waals surface area contributed by atoms with Crippen LogP contribution >= 0.6 is 24.0 Å². The third-order valence-electron chi connectivity index (χ3n) is 3.62. The van der Waals surface area contributed by atoms with Crippen molar-refractivity contribution in [1.82, 2.24) is 10.1 Å². The van der Waals surface area contributed by atoms with E-state index in [1.165, 1.54) is 16.7 Å². The van der Waals surface area contributed by atoms with Crippen LogP contribution in [0.25, 0.3) is 6.08 Å². The van der Waals surface area contributed by atoms with Crippen molar-refractivity contribution < 1.29 is 14.1 Å². The fraction of sp³-hybridized carbons (Fsp3) is 0.158. The maximum atomic E-state index is 12.6. The van der Waals surface area contributed by atoms with Gasteiger partial charge in [0.2, 0.25) is 5.91 Å². The summed E-state index contributed by atoms with van der Waals surface area (Å²) in [5.41, 5.74) is 1.97. The van der Waals surface area contributed by atoms with Gasteiger partial charge < -0.3 is 9.84 Å². The molecule has 2 heterocycles. The Bertz CT molecular complexity index is 948. The van der Waals surface area contributed by atoms with E-state index in [0.717, 1.165) is 11.1 Å². The molecule has 8 heteroatoms. The van der Waals surface area contributed by atoms with Gasteiger partial charge in [-0.05, 0) is 31.1 Å². The number of rotatable bonds is 5. The van der Waals surface area contributed by atoms with Gasteiger partial charge >= 0.3 is 0 Å². The van der Waals surface area contributed by atoms with Gasteiger partial charge in [-0.15, -0.1) is 0 Å². The molecule has 1 saturated heterocycles. The molecule has 0 bridgehead atoms. The second-order valence-corrected chi connectivity index (χ2v) is 7.61. The lowest BCUT2D eigenvalue weighted by Crippen LogP contribution is -2.36. The molecular weight excluding hydrogens is 382 g/mol. The van der Waals surface area contributed by atoms with E-state index in [-0.39, 0.29) is 12.5 Å². The van der Waals surface area contributed by atoms with Crippen LogP contribution in [0, 0.1) is 6.92 Å². The first-order valence-corrected chi connectivity index (χ1v) is 9.37. The molecule has 27 heavy (non-hydrogen) atoms. The van der Waals surface area contributed by atoms with Gasteiger partial charge in [0.1, 0.15) is 16.6 Å². The third kappa shape index (κ3) is 4.93. The number of nitrogens with one attached hydrogen (secondary N) is 1. The van der Waals surface area contributed by atoms with Crippen molar-refractivity contribution in [3.63, 3.8) is 0 Å². The number of carbonyl (C=O) groups is 2. The van der Waals surface area contributed by atoms with Crippen molar-refractivity contribution in [3.8, 4) is 0 Å². The van der Waals surface area contributed by atoms with E-state index < -0.39 is 5.91 Å². The normalized spacial score (nSPS) is 16.3. The summed E-state index contributed by atoms with van der Waals surface area (Å²) >= 11 is 6.44. The van der Waals surface area contributed by atoms with Gasteiger partial charge in [0, 0.05) is 6.07 Å². The Morgan fingerprint density at radius 3 is 2.78 bits per heavy atom. The van der Waals surface area contributed by atoms with Crippen molar-refractivity contribution in [2.75, 3.05) is 11.9 Å². The van der Waals surface area contributed by atoms with E-state index in [4.69, 9.17) is 16.7 Å². The molecule has 0 aliphatic carbocycles. The van der Waals surface area contributed by atoms with E-state index in [9.17, 15) is 9.59 Å². The van der Waals surface area contributed by atoms with Crippen LogP contribution in [0.5, 0.6) is 0 Å². The summed E-state index contributed by atoms with van der Waals surface area (Å²) in [5.74, 6) is 0.217. The zero-order valence-corrected chi connectivity index (χ0v) is 16.4. The van der Waals surface area contributed by atoms with Crippen molar-refractivity contribution >= 4 is 52.0 Å². The van der Waals surface area contributed by atoms with Crippen LogP contribution in [0.1, 0.15) is 18.2 Å². The van der Waals surface area contributed by atoms with Crippen molar-refractivity contribution in [2.24, 2.45) is 0 Å². The second kappa shape index (κ2) is 8.32. The minimum atomic E-state index is -0.391. The summed E-state index contributed by atoms with van der Waals surface area (Å²) in [6.07, 6.45) is 3.76. The van der Waals surface area contributed by atoms with Crippen LogP contribution in [-0.2, 0) is 9.59 Å². The molecule has 1 aromatic heterocycles. The largest absolute Gasteiger partial charge is 0.360 e.